The van der Waals surface area contributed by atoms with Crippen molar-refractivity contribution >= 4 is 38.9 Å². The maximum Gasteiger partial charge on any atom is 0.146 e. The summed E-state index contributed by atoms with van der Waals surface area (Å²) in [6.07, 6.45) is 2.17. The van der Waals surface area contributed by atoms with Crippen molar-refractivity contribution in [2.75, 3.05) is 49.0 Å². The largest absolute Gasteiger partial charge is 0.486 e. The maximum atomic E-state index is 13.7. The molecule has 2 aromatic carbocycles. The average molecular weight is 475 g/mol. The molecule has 0 radical (unpaired) electrons. The first-order chi connectivity index (χ1) is 16.0. The molecule has 2 aliphatic heterocycles. The zero-order valence-corrected chi connectivity index (χ0v) is 19.2. The summed E-state index contributed by atoms with van der Waals surface area (Å²) < 4.78 is 40.4. The number of aromatic nitrogens is 2. The number of ether oxygens (including phenoxy) is 3. The standard InChI is InChI=1S/C19H19FN4O2.C4H8O2S/c1-11-6-13(21)8-16-18(11)19(23-10-22-16)24-15-3-2-12(20)7-17(15)26-14-4-5-25-9-14;5-7-3-1-6-2-4-7/h2-3,6-8,10,14H,4-5,9,21H2,1H3,(H,22,23,24);1-4H2. The summed E-state index contributed by atoms with van der Waals surface area (Å²) in [6.45, 7) is 4.48. The van der Waals surface area contributed by atoms with E-state index in [0.717, 1.165) is 34.4 Å². The molecule has 8 nitrogen and oxygen atoms in total. The lowest BCUT2D eigenvalue weighted by atomic mass is 10.1. The van der Waals surface area contributed by atoms with Gasteiger partial charge in [0.25, 0.3) is 0 Å². The fourth-order valence-corrected chi connectivity index (χ4v) is 4.44. The molecule has 5 rings (SSSR count). The molecule has 10 heteroatoms. The van der Waals surface area contributed by atoms with Crippen LogP contribution in [0.15, 0.2) is 36.7 Å². The van der Waals surface area contributed by atoms with Crippen LogP contribution in [0.5, 0.6) is 5.75 Å². The van der Waals surface area contributed by atoms with E-state index in [9.17, 15) is 8.60 Å². The van der Waals surface area contributed by atoms with E-state index in [0.29, 0.717) is 49.4 Å². The maximum absolute atomic E-state index is 13.7. The molecule has 1 aromatic heterocycles. The van der Waals surface area contributed by atoms with E-state index in [1.807, 2.05) is 13.0 Å². The number of nitrogens with zero attached hydrogens (tertiary/aromatic N) is 2. The monoisotopic (exact) mass is 474 g/mol. The fourth-order valence-electron chi connectivity index (χ4n) is 3.63. The van der Waals surface area contributed by atoms with Crippen LogP contribution in [-0.4, -0.2) is 58.2 Å². The van der Waals surface area contributed by atoms with Crippen LogP contribution in [0.4, 0.5) is 21.6 Å². The molecule has 2 saturated heterocycles. The Labute approximate surface area is 194 Å². The van der Waals surface area contributed by atoms with Gasteiger partial charge in [-0.1, -0.05) is 0 Å². The number of anilines is 3. The van der Waals surface area contributed by atoms with E-state index in [2.05, 4.69) is 15.3 Å². The first kappa shape index (κ1) is 23.3. The third-order valence-corrected chi connectivity index (χ3v) is 6.49. The molecule has 3 heterocycles. The van der Waals surface area contributed by atoms with Crippen LogP contribution >= 0.6 is 0 Å². The van der Waals surface area contributed by atoms with Crippen LogP contribution in [0.1, 0.15) is 12.0 Å². The summed E-state index contributed by atoms with van der Waals surface area (Å²) in [5.74, 6) is 2.16. The van der Waals surface area contributed by atoms with Crippen molar-refractivity contribution in [3.05, 3.63) is 48.0 Å². The molecule has 176 valence electrons. The number of nitrogen functional groups attached to an aromatic ring is 1. The second kappa shape index (κ2) is 10.9. The number of hydrogen-bond acceptors (Lipinski definition) is 8. The molecular formula is C23H27FN4O4S. The second-order valence-corrected chi connectivity index (χ2v) is 9.48. The highest BCUT2D eigenvalue weighted by Crippen LogP contribution is 2.33. The van der Waals surface area contributed by atoms with E-state index in [-0.39, 0.29) is 11.9 Å². The number of nitrogens with two attached hydrogens (primary N) is 1. The molecule has 2 aliphatic rings. The van der Waals surface area contributed by atoms with Crippen LogP contribution in [0.25, 0.3) is 10.9 Å². The number of benzene rings is 2. The highest BCUT2D eigenvalue weighted by molar-refractivity contribution is 7.85. The summed E-state index contributed by atoms with van der Waals surface area (Å²) in [7, 11) is -0.565. The van der Waals surface area contributed by atoms with E-state index in [4.69, 9.17) is 19.9 Å². The predicted molar refractivity (Wildman–Crippen MR) is 127 cm³/mol. The van der Waals surface area contributed by atoms with Crippen molar-refractivity contribution in [1.29, 1.82) is 0 Å². The molecule has 33 heavy (non-hydrogen) atoms. The van der Waals surface area contributed by atoms with Crippen LogP contribution in [0.2, 0.25) is 0 Å². The van der Waals surface area contributed by atoms with Crippen molar-refractivity contribution in [3.8, 4) is 5.75 Å². The Kier molecular flexibility index (Phi) is 7.69. The van der Waals surface area contributed by atoms with Crippen LogP contribution in [0, 0.1) is 12.7 Å². The molecule has 2 fully saturated rings. The summed E-state index contributed by atoms with van der Waals surface area (Å²) >= 11 is 0. The smallest absolute Gasteiger partial charge is 0.146 e. The molecular weight excluding hydrogens is 447 g/mol. The quantitative estimate of drug-likeness (QED) is 0.555. The lowest BCUT2D eigenvalue weighted by molar-refractivity contribution is 0.141. The Hall–Kier alpha value is -2.82. The average Bonchev–Trinajstić information content (AvgIpc) is 3.29. The number of fused-ring (bicyclic) bond motifs is 1. The van der Waals surface area contributed by atoms with Gasteiger partial charge in [0, 0.05) is 45.9 Å². The molecule has 3 N–H and O–H groups in total. The van der Waals surface area contributed by atoms with Gasteiger partial charge in [-0.05, 0) is 36.8 Å². The molecule has 0 saturated carbocycles. The number of hydrogen-bond donors (Lipinski definition) is 2. The minimum absolute atomic E-state index is 0.0824. The predicted octanol–water partition coefficient (Wildman–Crippen LogP) is 3.34. The molecule has 1 unspecified atom stereocenters. The summed E-state index contributed by atoms with van der Waals surface area (Å²) in [4.78, 5) is 8.64. The van der Waals surface area contributed by atoms with Crippen LogP contribution in [-0.2, 0) is 20.3 Å². The topological polar surface area (TPSA) is 109 Å². The molecule has 0 amide bonds. The summed E-state index contributed by atoms with van der Waals surface area (Å²) in [5, 5.41) is 4.11. The van der Waals surface area contributed by atoms with Crippen molar-refractivity contribution < 1.29 is 22.8 Å². The van der Waals surface area contributed by atoms with Gasteiger partial charge in [0.05, 0.1) is 37.6 Å². The van der Waals surface area contributed by atoms with Gasteiger partial charge < -0.3 is 25.3 Å². The Balaban J connectivity index is 0.000000318. The Bertz CT molecular complexity index is 1130. The van der Waals surface area contributed by atoms with Crippen LogP contribution in [0.3, 0.4) is 0 Å². The van der Waals surface area contributed by atoms with Gasteiger partial charge in [-0.25, -0.2) is 14.4 Å². The molecule has 0 bridgehead atoms. The Morgan fingerprint density at radius 3 is 2.67 bits per heavy atom. The van der Waals surface area contributed by atoms with Gasteiger partial charge in [0.1, 0.15) is 29.8 Å². The van der Waals surface area contributed by atoms with Gasteiger partial charge in [0.2, 0.25) is 0 Å². The van der Waals surface area contributed by atoms with Crippen molar-refractivity contribution in [2.45, 2.75) is 19.4 Å². The Morgan fingerprint density at radius 1 is 1.15 bits per heavy atom. The first-order valence-corrected chi connectivity index (χ1v) is 12.2. The van der Waals surface area contributed by atoms with Gasteiger partial charge in [-0.15, -0.1) is 0 Å². The minimum Gasteiger partial charge on any atom is -0.486 e. The fraction of sp³-hybridized carbons (Fsp3) is 0.391. The minimum atomic E-state index is -0.565. The summed E-state index contributed by atoms with van der Waals surface area (Å²) in [5.41, 5.74) is 8.88. The van der Waals surface area contributed by atoms with E-state index < -0.39 is 10.8 Å². The number of aryl methyl sites for hydroxylation is 1. The highest BCUT2D eigenvalue weighted by Gasteiger charge is 2.20. The van der Waals surface area contributed by atoms with Gasteiger partial charge in [0.15, 0.2) is 0 Å². The number of nitrogens with one attached hydrogen (secondary N) is 1. The van der Waals surface area contributed by atoms with Gasteiger partial charge >= 0.3 is 0 Å². The molecule has 0 spiro atoms. The van der Waals surface area contributed by atoms with Crippen molar-refractivity contribution in [2.24, 2.45) is 0 Å². The van der Waals surface area contributed by atoms with Gasteiger partial charge in [-0.3, -0.25) is 4.21 Å². The molecule has 0 aliphatic carbocycles. The number of halogens is 1. The Morgan fingerprint density at radius 2 is 1.97 bits per heavy atom. The van der Waals surface area contributed by atoms with Crippen LogP contribution < -0.4 is 15.8 Å². The zero-order chi connectivity index (χ0) is 23.2. The lowest BCUT2D eigenvalue weighted by Gasteiger charge is -2.17. The third-order valence-electron chi connectivity index (χ3n) is 5.25. The van der Waals surface area contributed by atoms with E-state index >= 15 is 0 Å². The van der Waals surface area contributed by atoms with Crippen molar-refractivity contribution in [3.63, 3.8) is 0 Å². The number of rotatable bonds is 4. The van der Waals surface area contributed by atoms with E-state index in [1.165, 1.54) is 18.5 Å². The van der Waals surface area contributed by atoms with Crippen molar-refractivity contribution in [1.82, 2.24) is 9.97 Å². The third kappa shape index (κ3) is 6.16. The van der Waals surface area contributed by atoms with Gasteiger partial charge in [-0.2, -0.15) is 0 Å². The van der Waals surface area contributed by atoms with E-state index in [1.54, 1.807) is 12.1 Å². The molecule has 1 atom stereocenters. The second-order valence-electron chi connectivity index (χ2n) is 7.78. The normalized spacial score (nSPS) is 18.5. The molecule has 3 aromatic rings. The highest BCUT2D eigenvalue weighted by atomic mass is 32.2. The lowest BCUT2D eigenvalue weighted by Crippen LogP contribution is -2.19. The zero-order valence-electron chi connectivity index (χ0n) is 18.4. The summed E-state index contributed by atoms with van der Waals surface area (Å²) in [6, 6.07) is 8.06. The first-order valence-electron chi connectivity index (χ1n) is 10.7. The SMILES string of the molecule is Cc1cc(N)cc2ncnc(Nc3ccc(F)cc3OC3CCOC3)c12.O=S1CCOCC1.